The fourth-order valence-electron chi connectivity index (χ4n) is 2.49. The van der Waals surface area contributed by atoms with Gasteiger partial charge in [-0.25, -0.2) is 4.98 Å². The van der Waals surface area contributed by atoms with Gasteiger partial charge in [-0.3, -0.25) is 4.79 Å². The van der Waals surface area contributed by atoms with E-state index in [1.54, 1.807) is 49.5 Å². The van der Waals surface area contributed by atoms with Crippen molar-refractivity contribution in [2.45, 2.75) is 6.92 Å². The van der Waals surface area contributed by atoms with E-state index < -0.39 is 0 Å². The van der Waals surface area contributed by atoms with Gasteiger partial charge in [-0.2, -0.15) is 15.0 Å². The summed E-state index contributed by atoms with van der Waals surface area (Å²) in [5.41, 5.74) is 1.12. The molecular formula is C19H16N4O3. The molecule has 1 aromatic heterocycles. The van der Waals surface area contributed by atoms with Crippen molar-refractivity contribution < 1.29 is 9.47 Å². The number of aryl methyl sites for hydroxylation is 1. The summed E-state index contributed by atoms with van der Waals surface area (Å²) in [5.74, 6) is 1.43. The van der Waals surface area contributed by atoms with E-state index in [4.69, 9.17) is 14.7 Å². The van der Waals surface area contributed by atoms with Gasteiger partial charge >= 0.3 is 0 Å². The van der Waals surface area contributed by atoms with Crippen LogP contribution in [0.15, 0.2) is 52.4 Å². The van der Waals surface area contributed by atoms with E-state index in [1.807, 2.05) is 12.1 Å². The molecule has 130 valence electrons. The van der Waals surface area contributed by atoms with Crippen LogP contribution >= 0.6 is 0 Å². The summed E-state index contributed by atoms with van der Waals surface area (Å²) in [5, 5.41) is 13.4. The predicted octanol–water partition coefficient (Wildman–Crippen LogP) is 2.50. The van der Waals surface area contributed by atoms with Gasteiger partial charge in [-0.15, -0.1) is 0 Å². The van der Waals surface area contributed by atoms with Crippen LogP contribution in [-0.4, -0.2) is 29.6 Å². The summed E-state index contributed by atoms with van der Waals surface area (Å²) in [4.78, 5) is 17.0. The Bertz CT molecular complexity index is 1080. The summed E-state index contributed by atoms with van der Waals surface area (Å²) in [6, 6.07) is 14.2. The Hall–Kier alpha value is -3.66. The number of ether oxygens (including phenoxy) is 2. The number of methoxy groups -OCH3 is 1. The minimum atomic E-state index is -0.231. The van der Waals surface area contributed by atoms with Gasteiger partial charge in [0.1, 0.15) is 11.9 Å². The zero-order valence-corrected chi connectivity index (χ0v) is 14.3. The van der Waals surface area contributed by atoms with Crippen LogP contribution in [0, 0.1) is 18.3 Å². The third-order valence-corrected chi connectivity index (χ3v) is 3.72. The second kappa shape index (κ2) is 7.49. The Balaban J connectivity index is 1.97. The van der Waals surface area contributed by atoms with Crippen molar-refractivity contribution in [1.29, 1.82) is 5.26 Å². The third-order valence-electron chi connectivity index (χ3n) is 3.72. The Morgan fingerprint density at radius 3 is 2.85 bits per heavy atom. The molecular weight excluding hydrogens is 332 g/mol. The number of hydrogen-bond donors (Lipinski definition) is 0. The van der Waals surface area contributed by atoms with Gasteiger partial charge in [0.25, 0.3) is 5.56 Å². The van der Waals surface area contributed by atoms with Gasteiger partial charge in [0.15, 0.2) is 18.1 Å². The fourth-order valence-corrected chi connectivity index (χ4v) is 2.49. The molecule has 0 spiro atoms. The van der Waals surface area contributed by atoms with E-state index in [2.05, 4.69) is 10.1 Å². The van der Waals surface area contributed by atoms with Crippen molar-refractivity contribution in [1.82, 2.24) is 9.66 Å². The summed E-state index contributed by atoms with van der Waals surface area (Å²) < 4.78 is 11.8. The lowest BCUT2D eigenvalue weighted by molar-refractivity contribution is 0.329. The highest BCUT2D eigenvalue weighted by molar-refractivity contribution is 5.81. The van der Waals surface area contributed by atoms with Gasteiger partial charge in [0.05, 0.1) is 24.2 Å². The van der Waals surface area contributed by atoms with Crippen LogP contribution in [0.1, 0.15) is 11.4 Å². The molecule has 26 heavy (non-hydrogen) atoms. The van der Waals surface area contributed by atoms with Gasteiger partial charge in [-0.05, 0) is 42.8 Å². The monoisotopic (exact) mass is 348 g/mol. The first-order valence-corrected chi connectivity index (χ1v) is 7.84. The first-order chi connectivity index (χ1) is 12.6. The van der Waals surface area contributed by atoms with E-state index in [0.29, 0.717) is 33.8 Å². The molecule has 3 aromatic rings. The number of nitrogens with zero attached hydrogens (tertiary/aromatic N) is 4. The van der Waals surface area contributed by atoms with Crippen LogP contribution in [-0.2, 0) is 0 Å². The average Bonchev–Trinajstić information content (AvgIpc) is 2.66. The lowest BCUT2D eigenvalue weighted by atomic mass is 10.2. The van der Waals surface area contributed by atoms with Crippen LogP contribution in [0.5, 0.6) is 11.5 Å². The standard InChI is InChI=1S/C19H16N4O3/c1-13-22-16-6-4-3-5-15(16)19(24)23(13)21-12-14-7-8-17(26-10-9-20)18(11-14)25-2/h3-8,11-12H,10H2,1-2H3/b21-12-. The number of nitriles is 1. The van der Waals surface area contributed by atoms with Crippen molar-refractivity contribution in [2.24, 2.45) is 5.10 Å². The summed E-state index contributed by atoms with van der Waals surface area (Å²) >= 11 is 0. The number of para-hydroxylation sites is 1. The Labute approximate surface area is 149 Å². The molecule has 0 saturated carbocycles. The van der Waals surface area contributed by atoms with E-state index >= 15 is 0 Å². The zero-order valence-electron chi connectivity index (χ0n) is 14.3. The highest BCUT2D eigenvalue weighted by Gasteiger charge is 2.07. The van der Waals surface area contributed by atoms with Gasteiger partial charge < -0.3 is 9.47 Å². The van der Waals surface area contributed by atoms with E-state index in [0.717, 1.165) is 0 Å². The van der Waals surface area contributed by atoms with Crippen LogP contribution in [0.3, 0.4) is 0 Å². The topological polar surface area (TPSA) is 89.5 Å². The van der Waals surface area contributed by atoms with E-state index in [-0.39, 0.29) is 12.2 Å². The molecule has 1 heterocycles. The minimum Gasteiger partial charge on any atom is -0.493 e. The first kappa shape index (κ1) is 17.2. The molecule has 3 rings (SSSR count). The highest BCUT2D eigenvalue weighted by atomic mass is 16.5. The van der Waals surface area contributed by atoms with Crippen LogP contribution in [0.4, 0.5) is 0 Å². The number of hydrogen-bond acceptors (Lipinski definition) is 6. The average molecular weight is 348 g/mol. The summed E-state index contributed by atoms with van der Waals surface area (Å²) in [6.07, 6.45) is 1.54. The molecule has 0 atom stereocenters. The predicted molar refractivity (Wildman–Crippen MR) is 97.8 cm³/mol. The maximum atomic E-state index is 12.6. The molecule has 2 aromatic carbocycles. The maximum absolute atomic E-state index is 12.6. The number of benzene rings is 2. The summed E-state index contributed by atoms with van der Waals surface area (Å²) in [6.45, 7) is 1.66. The second-order valence-electron chi connectivity index (χ2n) is 5.39. The quantitative estimate of drug-likeness (QED) is 0.661. The molecule has 0 radical (unpaired) electrons. The van der Waals surface area contributed by atoms with Crippen LogP contribution in [0.2, 0.25) is 0 Å². The minimum absolute atomic E-state index is 0.0683. The highest BCUT2D eigenvalue weighted by Crippen LogP contribution is 2.27. The van der Waals surface area contributed by atoms with Gasteiger partial charge in [0, 0.05) is 0 Å². The van der Waals surface area contributed by atoms with Gasteiger partial charge in [0.2, 0.25) is 0 Å². The van der Waals surface area contributed by atoms with Crippen LogP contribution in [0.25, 0.3) is 10.9 Å². The lowest BCUT2D eigenvalue weighted by Crippen LogP contribution is -2.20. The first-order valence-electron chi connectivity index (χ1n) is 7.84. The molecule has 0 amide bonds. The van der Waals surface area contributed by atoms with Crippen molar-refractivity contribution in [3.8, 4) is 17.6 Å². The zero-order chi connectivity index (χ0) is 18.5. The molecule has 0 bridgehead atoms. The smallest absolute Gasteiger partial charge is 0.282 e. The normalized spacial score (nSPS) is 10.8. The molecule has 0 aliphatic rings. The lowest BCUT2D eigenvalue weighted by Gasteiger charge is -2.09. The molecule has 0 N–H and O–H groups in total. The van der Waals surface area contributed by atoms with Crippen molar-refractivity contribution in [3.05, 3.63) is 64.2 Å². The molecule has 7 heteroatoms. The van der Waals surface area contributed by atoms with Crippen LogP contribution < -0.4 is 15.0 Å². The SMILES string of the molecule is COc1cc(/C=N\n2c(C)nc3ccccc3c2=O)ccc1OCC#N. The van der Waals surface area contributed by atoms with E-state index in [9.17, 15) is 4.79 Å². The van der Waals surface area contributed by atoms with Crippen molar-refractivity contribution in [3.63, 3.8) is 0 Å². The molecule has 7 nitrogen and oxygen atoms in total. The Kier molecular flexibility index (Phi) is 4.94. The second-order valence-corrected chi connectivity index (χ2v) is 5.39. The van der Waals surface area contributed by atoms with E-state index in [1.165, 1.54) is 11.8 Å². The number of fused-ring (bicyclic) bond motifs is 1. The van der Waals surface area contributed by atoms with Gasteiger partial charge in [-0.1, -0.05) is 12.1 Å². The van der Waals surface area contributed by atoms with Crippen molar-refractivity contribution >= 4 is 17.1 Å². The molecule has 0 saturated heterocycles. The fraction of sp³-hybridized carbons (Fsp3) is 0.158. The number of rotatable bonds is 5. The summed E-state index contributed by atoms with van der Waals surface area (Å²) in [7, 11) is 1.51. The maximum Gasteiger partial charge on any atom is 0.282 e. The van der Waals surface area contributed by atoms with Crippen molar-refractivity contribution in [2.75, 3.05) is 13.7 Å². The molecule has 0 fully saturated rings. The molecule has 0 aliphatic carbocycles. The third kappa shape index (κ3) is 3.39. The number of aromatic nitrogens is 2. The Morgan fingerprint density at radius 2 is 2.08 bits per heavy atom. The molecule has 0 unspecified atom stereocenters. The Morgan fingerprint density at radius 1 is 1.27 bits per heavy atom. The largest absolute Gasteiger partial charge is 0.493 e. The molecule has 0 aliphatic heterocycles.